The van der Waals surface area contributed by atoms with Crippen molar-refractivity contribution in [2.45, 2.75) is 31.8 Å². The first-order chi connectivity index (χ1) is 12.6. The zero-order chi connectivity index (χ0) is 18.5. The van der Waals surface area contributed by atoms with Crippen molar-refractivity contribution in [3.63, 3.8) is 0 Å². The number of aliphatic imine (C=N–C) groups is 1. The van der Waals surface area contributed by atoms with E-state index in [4.69, 9.17) is 9.47 Å². The number of ether oxygens (including phenoxy) is 2. The van der Waals surface area contributed by atoms with Gasteiger partial charge in [0.05, 0.1) is 14.2 Å². The number of rotatable bonds is 7. The monoisotopic (exact) mass is 488 g/mol. The Balaban J connectivity index is 0.00000261. The number of benzene rings is 1. The van der Waals surface area contributed by atoms with Gasteiger partial charge < -0.3 is 24.6 Å². The Morgan fingerprint density at radius 1 is 1.26 bits per heavy atom. The molecule has 0 spiro atoms. The van der Waals surface area contributed by atoms with Crippen LogP contribution in [0, 0.1) is 5.92 Å². The number of halogens is 1. The van der Waals surface area contributed by atoms with Crippen LogP contribution < -0.4 is 14.8 Å². The maximum atomic E-state index is 5.51. The highest BCUT2D eigenvalue weighted by atomic mass is 127. The van der Waals surface area contributed by atoms with Gasteiger partial charge in [0, 0.05) is 51.4 Å². The Hall–Kier alpha value is -1.22. The molecule has 0 radical (unpaired) electrons. The number of nitrogens with one attached hydrogen (secondary N) is 1. The van der Waals surface area contributed by atoms with Crippen molar-refractivity contribution in [2.24, 2.45) is 10.9 Å². The fourth-order valence-electron chi connectivity index (χ4n) is 3.73. The van der Waals surface area contributed by atoms with Gasteiger partial charge in [-0.15, -0.1) is 24.0 Å². The van der Waals surface area contributed by atoms with Crippen LogP contribution in [-0.4, -0.2) is 69.8 Å². The summed E-state index contributed by atoms with van der Waals surface area (Å²) >= 11 is 0. The average Bonchev–Trinajstić information content (AvgIpc) is 3.41. The molecule has 1 aromatic rings. The number of likely N-dealkylation sites (tertiary alicyclic amines) is 1. The maximum absolute atomic E-state index is 5.51. The third-order valence-corrected chi connectivity index (χ3v) is 5.40. The van der Waals surface area contributed by atoms with Crippen LogP contribution in [0.4, 0.5) is 0 Å². The summed E-state index contributed by atoms with van der Waals surface area (Å²) in [5, 5.41) is 3.56. The number of methoxy groups -OCH3 is 2. The first kappa shape index (κ1) is 22.1. The summed E-state index contributed by atoms with van der Waals surface area (Å²) in [7, 11) is 7.26. The van der Waals surface area contributed by atoms with E-state index in [1.165, 1.54) is 32.4 Å². The van der Waals surface area contributed by atoms with Crippen LogP contribution in [0.15, 0.2) is 23.2 Å². The molecule has 2 aliphatic rings. The van der Waals surface area contributed by atoms with Gasteiger partial charge in [0.1, 0.15) is 11.5 Å². The first-order valence-corrected chi connectivity index (χ1v) is 9.51. The summed E-state index contributed by atoms with van der Waals surface area (Å²) in [6.07, 6.45) is 4.08. The molecule has 1 saturated carbocycles. The van der Waals surface area contributed by atoms with E-state index < -0.39 is 0 Å². The fourth-order valence-corrected chi connectivity index (χ4v) is 3.73. The minimum absolute atomic E-state index is 0. The van der Waals surface area contributed by atoms with Crippen molar-refractivity contribution in [2.75, 3.05) is 47.9 Å². The number of nitrogens with zero attached hydrogens (tertiary/aromatic N) is 3. The Labute approximate surface area is 180 Å². The molecule has 0 amide bonds. The van der Waals surface area contributed by atoms with Crippen molar-refractivity contribution in [1.82, 2.24) is 15.1 Å². The molecule has 1 heterocycles. The van der Waals surface area contributed by atoms with Crippen LogP contribution in [0.1, 0.15) is 24.8 Å². The lowest BCUT2D eigenvalue weighted by atomic mass is 10.1. The Kier molecular flexibility index (Phi) is 8.47. The third kappa shape index (κ3) is 5.88. The predicted molar refractivity (Wildman–Crippen MR) is 120 cm³/mol. The number of hydrogen-bond acceptors (Lipinski definition) is 4. The zero-order valence-corrected chi connectivity index (χ0v) is 19.2. The minimum Gasteiger partial charge on any atom is -0.497 e. The van der Waals surface area contributed by atoms with Crippen LogP contribution >= 0.6 is 24.0 Å². The van der Waals surface area contributed by atoms with E-state index in [0.717, 1.165) is 48.1 Å². The van der Waals surface area contributed by atoms with Crippen LogP contribution in [0.3, 0.4) is 0 Å². The molecule has 1 aromatic carbocycles. The molecular weight excluding hydrogens is 455 g/mol. The standard InChI is InChI=1S/C20H32N4O2.HI/c1-21-20(22-12-15-9-10-24(13-15)17-6-7-17)23(2)14-16-5-8-18(25-3)11-19(16)26-4;/h5,8,11,15,17H,6-7,9-10,12-14H2,1-4H3,(H,21,22);1H. The molecule has 1 aliphatic carbocycles. The quantitative estimate of drug-likeness (QED) is 0.364. The van der Waals surface area contributed by atoms with Crippen molar-refractivity contribution < 1.29 is 9.47 Å². The van der Waals surface area contributed by atoms with Crippen LogP contribution in [0.5, 0.6) is 11.5 Å². The van der Waals surface area contributed by atoms with Crippen LogP contribution in [0.2, 0.25) is 0 Å². The fraction of sp³-hybridized carbons (Fsp3) is 0.650. The Bertz CT molecular complexity index is 636. The zero-order valence-electron chi connectivity index (χ0n) is 16.9. The summed E-state index contributed by atoms with van der Waals surface area (Å²) in [5.74, 6) is 3.28. The second kappa shape index (κ2) is 10.4. The van der Waals surface area contributed by atoms with Gasteiger partial charge in [-0.25, -0.2) is 0 Å². The molecule has 1 N–H and O–H groups in total. The summed E-state index contributed by atoms with van der Waals surface area (Å²) in [6.45, 7) is 4.20. The Morgan fingerprint density at radius 3 is 2.67 bits per heavy atom. The highest BCUT2D eigenvalue weighted by Crippen LogP contribution is 2.31. The summed E-state index contributed by atoms with van der Waals surface area (Å²) < 4.78 is 10.8. The minimum atomic E-state index is 0. The number of guanidine groups is 1. The molecule has 6 nitrogen and oxygen atoms in total. The van der Waals surface area contributed by atoms with Crippen LogP contribution in [0.25, 0.3) is 0 Å². The van der Waals surface area contributed by atoms with Crippen LogP contribution in [-0.2, 0) is 6.54 Å². The topological polar surface area (TPSA) is 49.3 Å². The summed E-state index contributed by atoms with van der Waals surface area (Å²) in [6, 6.07) is 6.81. The van der Waals surface area contributed by atoms with E-state index in [2.05, 4.69) is 27.2 Å². The summed E-state index contributed by atoms with van der Waals surface area (Å²) in [5.41, 5.74) is 1.11. The molecule has 0 aromatic heterocycles. The molecule has 1 unspecified atom stereocenters. The van der Waals surface area contributed by atoms with E-state index >= 15 is 0 Å². The predicted octanol–water partition coefficient (Wildman–Crippen LogP) is 2.81. The summed E-state index contributed by atoms with van der Waals surface area (Å²) in [4.78, 5) is 9.24. The van der Waals surface area contributed by atoms with Crippen molar-refractivity contribution in [3.05, 3.63) is 23.8 Å². The second-order valence-electron chi connectivity index (χ2n) is 7.34. The lowest BCUT2D eigenvalue weighted by Gasteiger charge is -2.24. The molecule has 0 bridgehead atoms. The normalized spacial score (nSPS) is 20.1. The van der Waals surface area contributed by atoms with Crippen molar-refractivity contribution >= 4 is 29.9 Å². The van der Waals surface area contributed by atoms with E-state index in [-0.39, 0.29) is 24.0 Å². The molecule has 152 valence electrons. The Morgan fingerprint density at radius 2 is 2.04 bits per heavy atom. The highest BCUT2D eigenvalue weighted by molar-refractivity contribution is 14.0. The van der Waals surface area contributed by atoms with Gasteiger partial charge in [-0.3, -0.25) is 4.99 Å². The van der Waals surface area contributed by atoms with E-state index in [1.807, 2.05) is 25.2 Å². The molecule has 2 fully saturated rings. The van der Waals surface area contributed by atoms with E-state index in [0.29, 0.717) is 0 Å². The third-order valence-electron chi connectivity index (χ3n) is 5.40. The maximum Gasteiger partial charge on any atom is 0.193 e. The average molecular weight is 488 g/mol. The SMILES string of the molecule is CN=C(NCC1CCN(C2CC2)C1)N(C)Cc1ccc(OC)cc1OC.I. The lowest BCUT2D eigenvalue weighted by molar-refractivity contribution is 0.313. The molecule has 3 rings (SSSR count). The van der Waals surface area contributed by atoms with Gasteiger partial charge in [-0.2, -0.15) is 0 Å². The second-order valence-corrected chi connectivity index (χ2v) is 7.34. The molecule has 1 saturated heterocycles. The molecule has 1 aliphatic heterocycles. The largest absolute Gasteiger partial charge is 0.497 e. The smallest absolute Gasteiger partial charge is 0.193 e. The van der Waals surface area contributed by atoms with Gasteiger partial charge in [0.2, 0.25) is 0 Å². The molecule has 1 atom stereocenters. The lowest BCUT2D eigenvalue weighted by Crippen LogP contribution is -2.41. The molecular formula is C20H33IN4O2. The van der Waals surface area contributed by atoms with Crippen molar-refractivity contribution in [1.29, 1.82) is 0 Å². The van der Waals surface area contributed by atoms with Gasteiger partial charge in [0.25, 0.3) is 0 Å². The van der Waals surface area contributed by atoms with Gasteiger partial charge in [-0.05, 0) is 43.9 Å². The molecule has 7 heteroatoms. The van der Waals surface area contributed by atoms with E-state index in [9.17, 15) is 0 Å². The first-order valence-electron chi connectivity index (χ1n) is 9.51. The highest BCUT2D eigenvalue weighted by Gasteiger charge is 2.34. The van der Waals surface area contributed by atoms with Gasteiger partial charge in [0.15, 0.2) is 5.96 Å². The number of hydrogen-bond donors (Lipinski definition) is 1. The van der Waals surface area contributed by atoms with Gasteiger partial charge >= 0.3 is 0 Å². The van der Waals surface area contributed by atoms with E-state index in [1.54, 1.807) is 14.2 Å². The molecule has 27 heavy (non-hydrogen) atoms. The van der Waals surface area contributed by atoms with Gasteiger partial charge in [-0.1, -0.05) is 0 Å². The van der Waals surface area contributed by atoms with Crippen molar-refractivity contribution in [3.8, 4) is 11.5 Å².